The Kier molecular flexibility index (Phi) is 6.45. The minimum Gasteiger partial charge on any atom is -0.493 e. The van der Waals surface area contributed by atoms with Crippen LogP contribution in [0.4, 0.5) is 0 Å². The molecule has 0 unspecified atom stereocenters. The van der Waals surface area contributed by atoms with Crippen LogP contribution in [0, 0.1) is 0 Å². The molecule has 0 bridgehead atoms. The second-order valence-corrected chi connectivity index (χ2v) is 7.21. The average Bonchev–Trinajstić information content (AvgIpc) is 2.85. The minimum atomic E-state index is -0.521. The Morgan fingerprint density at radius 1 is 1.03 bits per heavy atom. The first kappa shape index (κ1) is 21.8. The molecule has 0 aliphatic rings. The number of hydrogen-bond donors (Lipinski definition) is 1. The van der Waals surface area contributed by atoms with E-state index in [4.69, 9.17) is 9.47 Å². The summed E-state index contributed by atoms with van der Waals surface area (Å²) in [6, 6.07) is 22.0. The van der Waals surface area contributed by atoms with Crippen molar-refractivity contribution in [2.45, 2.75) is 6.61 Å². The molecule has 33 heavy (non-hydrogen) atoms. The lowest BCUT2D eigenvalue weighted by Crippen LogP contribution is -2.27. The van der Waals surface area contributed by atoms with Crippen LogP contribution in [0.15, 0.2) is 82.7 Å². The molecule has 1 N–H and O–H groups in total. The van der Waals surface area contributed by atoms with Gasteiger partial charge in [0.05, 0.1) is 18.7 Å². The number of amides is 1. The minimum absolute atomic E-state index is 0.118. The summed E-state index contributed by atoms with van der Waals surface area (Å²) < 4.78 is 12.4. The van der Waals surface area contributed by atoms with Gasteiger partial charge in [-0.1, -0.05) is 48.5 Å². The van der Waals surface area contributed by atoms with E-state index in [9.17, 15) is 9.59 Å². The third kappa shape index (κ3) is 4.90. The van der Waals surface area contributed by atoms with Crippen LogP contribution in [0.1, 0.15) is 21.6 Å². The molecule has 0 radical (unpaired) electrons. The van der Waals surface area contributed by atoms with E-state index in [1.54, 1.807) is 49.6 Å². The molecule has 1 aromatic heterocycles. The fourth-order valence-electron chi connectivity index (χ4n) is 3.30. The SMILES string of the molecule is COc1cc(/C=N/NC(=O)c2nn(C)c(=O)c3ccccc23)ccc1OCc1ccccc1. The van der Waals surface area contributed by atoms with Gasteiger partial charge in [0, 0.05) is 12.4 Å². The smallest absolute Gasteiger partial charge is 0.292 e. The third-order valence-electron chi connectivity index (χ3n) is 4.98. The molecule has 0 saturated carbocycles. The van der Waals surface area contributed by atoms with Crippen molar-refractivity contribution >= 4 is 22.9 Å². The van der Waals surface area contributed by atoms with Crippen molar-refractivity contribution in [2.24, 2.45) is 12.1 Å². The second-order valence-electron chi connectivity index (χ2n) is 7.21. The number of hydrogen-bond acceptors (Lipinski definition) is 6. The molecule has 1 amide bonds. The highest BCUT2D eigenvalue weighted by molar-refractivity contribution is 6.04. The Bertz CT molecular complexity index is 1380. The van der Waals surface area contributed by atoms with E-state index in [0.717, 1.165) is 10.2 Å². The van der Waals surface area contributed by atoms with Gasteiger partial charge in [-0.05, 0) is 35.4 Å². The largest absolute Gasteiger partial charge is 0.493 e. The van der Waals surface area contributed by atoms with E-state index in [1.807, 2.05) is 30.3 Å². The number of nitrogens with zero attached hydrogens (tertiary/aromatic N) is 3. The zero-order valence-electron chi connectivity index (χ0n) is 18.2. The highest BCUT2D eigenvalue weighted by Crippen LogP contribution is 2.28. The Morgan fingerprint density at radius 3 is 2.52 bits per heavy atom. The normalized spacial score (nSPS) is 11.0. The zero-order valence-corrected chi connectivity index (χ0v) is 18.2. The molecule has 8 heteroatoms. The summed E-state index contributed by atoms with van der Waals surface area (Å²) in [5.41, 5.74) is 4.07. The van der Waals surface area contributed by atoms with Gasteiger partial charge < -0.3 is 9.47 Å². The highest BCUT2D eigenvalue weighted by atomic mass is 16.5. The molecule has 0 spiro atoms. The molecule has 1 heterocycles. The quantitative estimate of drug-likeness (QED) is 0.350. The molecular weight excluding hydrogens is 420 g/mol. The predicted octanol–water partition coefficient (Wildman–Crippen LogP) is 3.29. The number of aromatic nitrogens is 2. The van der Waals surface area contributed by atoms with E-state index in [1.165, 1.54) is 13.3 Å². The van der Waals surface area contributed by atoms with Crippen LogP contribution in [0.25, 0.3) is 10.8 Å². The molecule has 3 aromatic carbocycles. The molecule has 4 aromatic rings. The lowest BCUT2D eigenvalue weighted by Gasteiger charge is -2.11. The van der Waals surface area contributed by atoms with Crippen LogP contribution >= 0.6 is 0 Å². The molecule has 0 saturated heterocycles. The summed E-state index contributed by atoms with van der Waals surface area (Å²) >= 11 is 0. The van der Waals surface area contributed by atoms with Crippen LogP contribution in [0.3, 0.4) is 0 Å². The molecule has 4 rings (SSSR count). The van der Waals surface area contributed by atoms with Gasteiger partial charge in [-0.3, -0.25) is 9.59 Å². The molecule has 0 aliphatic heterocycles. The van der Waals surface area contributed by atoms with Crippen LogP contribution in [-0.4, -0.2) is 29.0 Å². The monoisotopic (exact) mass is 442 g/mol. The van der Waals surface area contributed by atoms with Crippen molar-refractivity contribution in [3.63, 3.8) is 0 Å². The Hall–Kier alpha value is -4.46. The van der Waals surface area contributed by atoms with Crippen molar-refractivity contribution < 1.29 is 14.3 Å². The van der Waals surface area contributed by atoms with Crippen LogP contribution in [0.2, 0.25) is 0 Å². The van der Waals surface area contributed by atoms with Gasteiger partial charge >= 0.3 is 0 Å². The van der Waals surface area contributed by atoms with Gasteiger partial charge in [0.1, 0.15) is 6.61 Å². The molecule has 0 aliphatic carbocycles. The van der Waals surface area contributed by atoms with E-state index in [2.05, 4.69) is 15.6 Å². The van der Waals surface area contributed by atoms with E-state index in [-0.39, 0.29) is 11.3 Å². The number of benzene rings is 3. The number of carbonyl (C=O) groups excluding carboxylic acids is 1. The maximum absolute atomic E-state index is 12.7. The number of rotatable bonds is 7. The summed E-state index contributed by atoms with van der Waals surface area (Å²) in [6.07, 6.45) is 1.49. The number of methoxy groups -OCH3 is 1. The third-order valence-corrected chi connectivity index (χ3v) is 4.98. The predicted molar refractivity (Wildman–Crippen MR) is 126 cm³/mol. The maximum atomic E-state index is 12.7. The Morgan fingerprint density at radius 2 is 1.76 bits per heavy atom. The fourth-order valence-corrected chi connectivity index (χ4v) is 3.30. The number of fused-ring (bicyclic) bond motifs is 1. The highest BCUT2D eigenvalue weighted by Gasteiger charge is 2.15. The first-order valence-electron chi connectivity index (χ1n) is 10.2. The lowest BCUT2D eigenvalue weighted by atomic mass is 10.1. The summed E-state index contributed by atoms with van der Waals surface area (Å²) in [7, 11) is 3.06. The van der Waals surface area contributed by atoms with Crippen LogP contribution in [-0.2, 0) is 13.7 Å². The molecular formula is C25H22N4O4. The summed E-state index contributed by atoms with van der Waals surface area (Å²) in [4.78, 5) is 24.9. The van der Waals surface area contributed by atoms with Gasteiger partial charge in [0.25, 0.3) is 11.5 Å². The first-order chi connectivity index (χ1) is 16.1. The second kappa shape index (κ2) is 9.78. The van der Waals surface area contributed by atoms with Crippen molar-refractivity contribution in [2.75, 3.05) is 7.11 Å². The Labute approximate surface area is 190 Å². The summed E-state index contributed by atoms with van der Waals surface area (Å²) in [5, 5.41) is 9.00. The number of nitrogens with one attached hydrogen (secondary N) is 1. The fraction of sp³-hybridized carbons (Fsp3) is 0.120. The number of ether oxygens (including phenoxy) is 2. The van der Waals surface area contributed by atoms with Gasteiger partial charge in [0.2, 0.25) is 0 Å². The van der Waals surface area contributed by atoms with Crippen molar-refractivity contribution in [3.05, 3.63) is 100.0 Å². The Balaban J connectivity index is 1.47. The zero-order chi connectivity index (χ0) is 23.2. The molecule has 0 fully saturated rings. The summed E-state index contributed by atoms with van der Waals surface area (Å²) in [6.45, 7) is 0.418. The standard InChI is InChI=1S/C25H22N4O4/c1-29-25(31)20-11-7-6-10-19(20)23(28-29)24(30)27-26-15-18-12-13-21(22(14-18)32-2)33-16-17-8-4-3-5-9-17/h3-15H,16H2,1-2H3,(H,27,30)/b26-15+. The number of carbonyl (C=O) groups is 1. The first-order valence-corrected chi connectivity index (χ1v) is 10.2. The van der Waals surface area contributed by atoms with Gasteiger partial charge in [0.15, 0.2) is 17.2 Å². The van der Waals surface area contributed by atoms with E-state index in [0.29, 0.717) is 34.4 Å². The van der Waals surface area contributed by atoms with Gasteiger partial charge in [-0.25, -0.2) is 10.1 Å². The topological polar surface area (TPSA) is 94.8 Å². The summed E-state index contributed by atoms with van der Waals surface area (Å²) in [5.74, 6) is 0.628. The average molecular weight is 442 g/mol. The number of aryl methyl sites for hydroxylation is 1. The van der Waals surface area contributed by atoms with Crippen molar-refractivity contribution in [1.82, 2.24) is 15.2 Å². The number of hydrazone groups is 1. The van der Waals surface area contributed by atoms with Crippen molar-refractivity contribution in [3.8, 4) is 11.5 Å². The molecule has 166 valence electrons. The van der Waals surface area contributed by atoms with Gasteiger partial charge in [-0.15, -0.1) is 0 Å². The lowest BCUT2D eigenvalue weighted by molar-refractivity contribution is 0.0950. The van der Waals surface area contributed by atoms with E-state index >= 15 is 0 Å². The molecule has 8 nitrogen and oxygen atoms in total. The van der Waals surface area contributed by atoms with E-state index < -0.39 is 5.91 Å². The van der Waals surface area contributed by atoms with Crippen molar-refractivity contribution in [1.29, 1.82) is 0 Å². The van der Waals surface area contributed by atoms with Crippen LogP contribution < -0.4 is 20.5 Å². The maximum Gasteiger partial charge on any atom is 0.292 e. The molecule has 0 atom stereocenters. The van der Waals surface area contributed by atoms with Gasteiger partial charge in [-0.2, -0.15) is 10.2 Å². The van der Waals surface area contributed by atoms with Crippen LogP contribution in [0.5, 0.6) is 11.5 Å².